The summed E-state index contributed by atoms with van der Waals surface area (Å²) in [5, 5.41) is 22.3. The molecular formula is C16H15N3O3S. The molecule has 1 aliphatic rings. The fourth-order valence-corrected chi connectivity index (χ4v) is 3.55. The molecule has 1 N–H and O–H groups in total. The Balaban J connectivity index is 1.86. The fourth-order valence-electron chi connectivity index (χ4n) is 2.37. The lowest BCUT2D eigenvalue weighted by Gasteiger charge is -2.20. The molecule has 23 heavy (non-hydrogen) atoms. The van der Waals surface area contributed by atoms with Gasteiger partial charge in [-0.15, -0.1) is 0 Å². The van der Waals surface area contributed by atoms with Crippen molar-refractivity contribution in [2.75, 3.05) is 13.6 Å². The van der Waals surface area contributed by atoms with Crippen LogP contribution in [0.3, 0.4) is 0 Å². The smallest absolute Gasteiger partial charge is 0.269 e. The van der Waals surface area contributed by atoms with Crippen LogP contribution in [0.25, 0.3) is 0 Å². The zero-order valence-electron chi connectivity index (χ0n) is 12.4. The second-order valence-electron chi connectivity index (χ2n) is 5.28. The highest BCUT2D eigenvalue weighted by atomic mass is 32.2. The highest BCUT2D eigenvalue weighted by Crippen LogP contribution is 2.42. The minimum atomic E-state index is -1.17. The fraction of sp³-hybridized carbons (Fsp3) is 0.188. The molecule has 2 aromatic carbocycles. The normalized spacial score (nSPS) is 22.5. The Labute approximate surface area is 137 Å². The summed E-state index contributed by atoms with van der Waals surface area (Å²) >= 11 is 1.24. The number of aliphatic imine (C=N–C) groups is 1. The quantitative estimate of drug-likeness (QED) is 0.691. The summed E-state index contributed by atoms with van der Waals surface area (Å²) in [4.78, 5) is 15.5. The number of amidine groups is 1. The first-order chi connectivity index (χ1) is 11.0. The molecule has 1 atom stereocenters. The van der Waals surface area contributed by atoms with Crippen LogP contribution in [0.1, 0.15) is 5.56 Å². The van der Waals surface area contributed by atoms with Crippen molar-refractivity contribution in [3.05, 3.63) is 70.3 Å². The minimum Gasteiger partial charge on any atom is -0.373 e. The molecule has 3 rings (SSSR count). The average molecular weight is 329 g/mol. The summed E-state index contributed by atoms with van der Waals surface area (Å²) in [6.45, 7) is 0.362. The number of nitrogens with zero attached hydrogens (tertiary/aromatic N) is 3. The van der Waals surface area contributed by atoms with Crippen molar-refractivity contribution in [1.29, 1.82) is 0 Å². The van der Waals surface area contributed by atoms with Crippen molar-refractivity contribution < 1.29 is 10.0 Å². The van der Waals surface area contributed by atoms with Crippen LogP contribution < -0.4 is 0 Å². The zero-order chi connectivity index (χ0) is 16.4. The molecular weight excluding hydrogens is 314 g/mol. The third kappa shape index (κ3) is 3.20. The standard InChI is InChI=1S/C16H15N3O3S/c1-18-11-16(20,12-7-9-14(10-8-12)19(21)22)23-15(18)17-13-5-3-2-4-6-13/h2-10,20H,11H2,1H3/t16-/m0/s1. The topological polar surface area (TPSA) is 79.0 Å². The number of likely N-dealkylation sites (N-methyl/N-ethyl adjacent to an activating group) is 1. The van der Waals surface area contributed by atoms with Crippen LogP contribution in [0, 0.1) is 10.1 Å². The van der Waals surface area contributed by atoms with E-state index in [-0.39, 0.29) is 5.69 Å². The van der Waals surface area contributed by atoms with Gasteiger partial charge in [-0.25, -0.2) is 4.99 Å². The number of nitro benzene ring substituents is 1. The number of hydrogen-bond acceptors (Lipinski definition) is 5. The predicted octanol–water partition coefficient (Wildman–Crippen LogP) is 3.11. The summed E-state index contributed by atoms with van der Waals surface area (Å²) in [5.41, 5.74) is 1.44. The second kappa shape index (κ2) is 6.02. The summed E-state index contributed by atoms with van der Waals surface area (Å²) in [6, 6.07) is 15.5. The van der Waals surface area contributed by atoms with Gasteiger partial charge in [0.1, 0.15) is 0 Å². The largest absolute Gasteiger partial charge is 0.373 e. The first kappa shape index (κ1) is 15.5. The molecule has 1 fully saturated rings. The van der Waals surface area contributed by atoms with Crippen molar-refractivity contribution in [3.63, 3.8) is 0 Å². The van der Waals surface area contributed by atoms with Gasteiger partial charge in [0.05, 0.1) is 17.2 Å². The molecule has 0 aliphatic carbocycles. The first-order valence-electron chi connectivity index (χ1n) is 6.99. The Morgan fingerprint density at radius 1 is 1.22 bits per heavy atom. The molecule has 1 saturated heterocycles. The third-order valence-electron chi connectivity index (χ3n) is 3.55. The number of thioether (sulfide) groups is 1. The van der Waals surface area contributed by atoms with Crippen LogP contribution in [-0.2, 0) is 4.93 Å². The highest BCUT2D eigenvalue weighted by Gasteiger charge is 2.41. The van der Waals surface area contributed by atoms with Gasteiger partial charge in [0.25, 0.3) is 5.69 Å². The van der Waals surface area contributed by atoms with E-state index < -0.39 is 9.86 Å². The number of aliphatic hydroxyl groups is 1. The Bertz CT molecular complexity index is 749. The number of para-hydroxylation sites is 1. The van der Waals surface area contributed by atoms with E-state index in [1.165, 1.54) is 23.9 Å². The van der Waals surface area contributed by atoms with E-state index in [2.05, 4.69) is 4.99 Å². The molecule has 0 aromatic heterocycles. The van der Waals surface area contributed by atoms with E-state index in [1.807, 2.05) is 42.3 Å². The van der Waals surface area contributed by atoms with E-state index in [9.17, 15) is 15.2 Å². The van der Waals surface area contributed by atoms with Gasteiger partial charge in [0, 0.05) is 19.2 Å². The van der Waals surface area contributed by atoms with E-state index in [0.717, 1.165) is 5.69 Å². The average Bonchev–Trinajstić information content (AvgIpc) is 2.84. The SMILES string of the molecule is CN1C[C@@](O)(c2ccc([N+](=O)[O-])cc2)SC1=Nc1ccccc1. The summed E-state index contributed by atoms with van der Waals surface area (Å²) in [6.07, 6.45) is 0. The van der Waals surface area contributed by atoms with Gasteiger partial charge in [-0.1, -0.05) is 18.2 Å². The van der Waals surface area contributed by atoms with Crippen LogP contribution >= 0.6 is 11.8 Å². The first-order valence-corrected chi connectivity index (χ1v) is 7.81. The zero-order valence-corrected chi connectivity index (χ0v) is 13.2. The lowest BCUT2D eigenvalue weighted by molar-refractivity contribution is -0.384. The number of nitro groups is 1. The maximum Gasteiger partial charge on any atom is 0.269 e. The van der Waals surface area contributed by atoms with Gasteiger partial charge in [-0.3, -0.25) is 10.1 Å². The molecule has 0 saturated carbocycles. The van der Waals surface area contributed by atoms with Crippen LogP contribution in [0.4, 0.5) is 11.4 Å². The van der Waals surface area contributed by atoms with Crippen LogP contribution in [0.15, 0.2) is 59.6 Å². The van der Waals surface area contributed by atoms with E-state index in [0.29, 0.717) is 17.3 Å². The van der Waals surface area contributed by atoms with E-state index in [1.54, 1.807) is 12.1 Å². The van der Waals surface area contributed by atoms with Crippen molar-refractivity contribution in [1.82, 2.24) is 4.90 Å². The highest BCUT2D eigenvalue weighted by molar-refractivity contribution is 8.14. The maximum atomic E-state index is 10.9. The number of hydrogen-bond donors (Lipinski definition) is 1. The van der Waals surface area contributed by atoms with E-state index in [4.69, 9.17) is 0 Å². The predicted molar refractivity (Wildman–Crippen MR) is 90.8 cm³/mol. The van der Waals surface area contributed by atoms with Gasteiger partial charge >= 0.3 is 0 Å². The van der Waals surface area contributed by atoms with Gasteiger partial charge in [-0.05, 0) is 41.6 Å². The van der Waals surface area contributed by atoms with Crippen molar-refractivity contribution in [2.24, 2.45) is 4.99 Å². The monoisotopic (exact) mass is 329 g/mol. The number of rotatable bonds is 3. The minimum absolute atomic E-state index is 0.00637. The van der Waals surface area contributed by atoms with Gasteiger partial charge < -0.3 is 10.0 Å². The lowest BCUT2D eigenvalue weighted by Crippen LogP contribution is -2.28. The molecule has 7 heteroatoms. The summed E-state index contributed by atoms with van der Waals surface area (Å²) in [5.74, 6) is 0. The van der Waals surface area contributed by atoms with Crippen LogP contribution in [0.2, 0.25) is 0 Å². The Hall–Kier alpha value is -2.38. The van der Waals surface area contributed by atoms with Gasteiger partial charge in [0.2, 0.25) is 0 Å². The van der Waals surface area contributed by atoms with Crippen molar-refractivity contribution in [2.45, 2.75) is 4.93 Å². The maximum absolute atomic E-state index is 10.9. The van der Waals surface area contributed by atoms with Gasteiger partial charge in [-0.2, -0.15) is 0 Å². The summed E-state index contributed by atoms with van der Waals surface area (Å²) in [7, 11) is 1.86. The third-order valence-corrected chi connectivity index (χ3v) is 4.84. The number of benzene rings is 2. The Kier molecular flexibility index (Phi) is 4.06. The number of β-amino-alcohol motifs (C(OH)–C–C–N with tert-alkyl or cyclic N) is 1. The molecule has 118 valence electrons. The van der Waals surface area contributed by atoms with Crippen LogP contribution in [-0.4, -0.2) is 33.7 Å². The summed E-state index contributed by atoms with van der Waals surface area (Å²) < 4.78 is 0. The molecule has 6 nitrogen and oxygen atoms in total. The molecule has 0 amide bonds. The lowest BCUT2D eigenvalue weighted by atomic mass is 10.1. The molecule has 1 heterocycles. The van der Waals surface area contributed by atoms with Crippen molar-refractivity contribution >= 4 is 28.3 Å². The molecule has 0 unspecified atom stereocenters. The second-order valence-corrected chi connectivity index (χ2v) is 6.52. The Morgan fingerprint density at radius 3 is 2.48 bits per heavy atom. The van der Waals surface area contributed by atoms with Crippen LogP contribution in [0.5, 0.6) is 0 Å². The Morgan fingerprint density at radius 2 is 1.87 bits per heavy atom. The van der Waals surface area contributed by atoms with Gasteiger partial charge in [0.15, 0.2) is 10.1 Å². The van der Waals surface area contributed by atoms with E-state index >= 15 is 0 Å². The molecule has 1 aliphatic heterocycles. The van der Waals surface area contributed by atoms with Crippen molar-refractivity contribution in [3.8, 4) is 0 Å². The molecule has 0 radical (unpaired) electrons. The molecule has 2 aromatic rings. The molecule has 0 spiro atoms. The molecule has 0 bridgehead atoms. The number of non-ortho nitro benzene ring substituents is 1.